The molecule has 0 fully saturated rings. The highest BCUT2D eigenvalue weighted by Crippen LogP contribution is 2.26. The highest BCUT2D eigenvalue weighted by atomic mass is 79.9. The summed E-state index contributed by atoms with van der Waals surface area (Å²) in [6.07, 6.45) is -3.20. The molecule has 1 unspecified atom stereocenters. The third-order valence-electron chi connectivity index (χ3n) is 2.99. The quantitative estimate of drug-likeness (QED) is 0.844. The maximum absolute atomic E-state index is 13.2. The Labute approximate surface area is 123 Å². The fourth-order valence-corrected chi connectivity index (χ4v) is 2.30. The third-order valence-corrected chi connectivity index (χ3v) is 3.77. The van der Waals surface area contributed by atoms with Gasteiger partial charge in [0, 0.05) is 16.5 Å². The first-order chi connectivity index (χ1) is 9.47. The number of benzene rings is 2. The average molecular weight is 345 g/mol. The Morgan fingerprint density at radius 1 is 1.00 bits per heavy atom. The monoisotopic (exact) mass is 344 g/mol. The van der Waals surface area contributed by atoms with Crippen LogP contribution in [-0.2, 0) is 6.42 Å². The Kier molecular flexibility index (Phi) is 4.83. The molecule has 0 radical (unpaired) electrons. The van der Waals surface area contributed by atoms with E-state index < -0.39 is 12.5 Å². The lowest BCUT2D eigenvalue weighted by atomic mass is 10.0. The van der Waals surface area contributed by atoms with E-state index in [1.54, 1.807) is 6.07 Å². The van der Waals surface area contributed by atoms with E-state index in [1.807, 2.05) is 0 Å². The molecular weight excluding hydrogens is 333 g/mol. The van der Waals surface area contributed by atoms with Gasteiger partial charge in [0.25, 0.3) is 6.43 Å². The summed E-state index contributed by atoms with van der Waals surface area (Å²) in [5, 5.41) is 10.1. The number of halogens is 4. The van der Waals surface area contributed by atoms with Crippen LogP contribution in [0.3, 0.4) is 0 Å². The van der Waals surface area contributed by atoms with Crippen molar-refractivity contribution in [2.75, 3.05) is 0 Å². The minimum absolute atomic E-state index is 0.0899. The van der Waals surface area contributed by atoms with Crippen molar-refractivity contribution in [3.8, 4) is 0 Å². The van der Waals surface area contributed by atoms with Crippen LogP contribution in [0.4, 0.5) is 13.2 Å². The molecule has 0 aliphatic carbocycles. The average Bonchev–Trinajstić information content (AvgIpc) is 2.43. The van der Waals surface area contributed by atoms with E-state index in [4.69, 9.17) is 0 Å². The van der Waals surface area contributed by atoms with E-state index in [-0.39, 0.29) is 17.8 Å². The topological polar surface area (TPSA) is 20.2 Å². The van der Waals surface area contributed by atoms with Crippen molar-refractivity contribution in [3.63, 3.8) is 0 Å². The Balaban J connectivity index is 2.15. The van der Waals surface area contributed by atoms with E-state index in [0.717, 1.165) is 0 Å². The first-order valence-electron chi connectivity index (χ1n) is 5.97. The minimum Gasteiger partial charge on any atom is -0.388 e. The van der Waals surface area contributed by atoms with E-state index in [1.165, 1.54) is 36.4 Å². The molecule has 1 nitrogen and oxygen atoms in total. The Hall–Kier alpha value is -1.33. The van der Waals surface area contributed by atoms with Crippen molar-refractivity contribution < 1.29 is 18.3 Å². The van der Waals surface area contributed by atoms with E-state index in [2.05, 4.69) is 15.9 Å². The third kappa shape index (κ3) is 3.61. The fourth-order valence-electron chi connectivity index (χ4n) is 1.89. The number of hydrogen-bond acceptors (Lipinski definition) is 1. The highest BCUT2D eigenvalue weighted by Gasteiger charge is 2.13. The smallest absolute Gasteiger partial charge is 0.263 e. The second-order valence-electron chi connectivity index (χ2n) is 4.42. The molecule has 106 valence electrons. The van der Waals surface area contributed by atoms with Crippen LogP contribution in [0.2, 0.25) is 0 Å². The van der Waals surface area contributed by atoms with Crippen LogP contribution in [0.15, 0.2) is 46.9 Å². The summed E-state index contributed by atoms with van der Waals surface area (Å²) < 4.78 is 38.7. The van der Waals surface area contributed by atoms with E-state index in [9.17, 15) is 18.3 Å². The van der Waals surface area contributed by atoms with Crippen LogP contribution < -0.4 is 0 Å². The van der Waals surface area contributed by atoms with Gasteiger partial charge in [-0.1, -0.05) is 40.2 Å². The lowest BCUT2D eigenvalue weighted by molar-refractivity contribution is 0.151. The SMILES string of the molecule is OC(Cc1cc(F)ccc1Br)c1ccc(C(F)F)cc1. The Morgan fingerprint density at radius 2 is 1.60 bits per heavy atom. The van der Waals surface area contributed by atoms with E-state index in [0.29, 0.717) is 15.6 Å². The highest BCUT2D eigenvalue weighted by molar-refractivity contribution is 9.10. The molecule has 0 aliphatic rings. The summed E-state index contributed by atoms with van der Waals surface area (Å²) in [5.74, 6) is -0.386. The van der Waals surface area contributed by atoms with Crippen molar-refractivity contribution in [1.82, 2.24) is 0 Å². The van der Waals surface area contributed by atoms with Gasteiger partial charge in [-0.05, 0) is 29.3 Å². The largest absolute Gasteiger partial charge is 0.388 e. The molecule has 0 spiro atoms. The molecule has 20 heavy (non-hydrogen) atoms. The van der Waals surface area contributed by atoms with Gasteiger partial charge in [-0.3, -0.25) is 0 Å². The molecule has 0 heterocycles. The van der Waals surface area contributed by atoms with Crippen LogP contribution in [0.5, 0.6) is 0 Å². The van der Waals surface area contributed by atoms with Crippen molar-refractivity contribution in [2.45, 2.75) is 19.0 Å². The van der Waals surface area contributed by atoms with Gasteiger partial charge in [-0.15, -0.1) is 0 Å². The summed E-state index contributed by atoms with van der Waals surface area (Å²) in [4.78, 5) is 0. The lowest BCUT2D eigenvalue weighted by Crippen LogP contribution is -2.03. The number of aliphatic hydroxyl groups is 1. The number of aliphatic hydroxyl groups excluding tert-OH is 1. The van der Waals surface area contributed by atoms with Crippen LogP contribution >= 0.6 is 15.9 Å². The van der Waals surface area contributed by atoms with Crippen molar-refractivity contribution >= 4 is 15.9 Å². The molecule has 0 bridgehead atoms. The minimum atomic E-state index is -2.53. The number of alkyl halides is 2. The summed E-state index contributed by atoms with van der Waals surface area (Å²) in [6.45, 7) is 0. The first kappa shape index (κ1) is 15.1. The summed E-state index contributed by atoms with van der Waals surface area (Å²) in [5.41, 5.74) is 1.05. The summed E-state index contributed by atoms with van der Waals surface area (Å²) >= 11 is 3.29. The maximum atomic E-state index is 13.2. The molecule has 0 aromatic heterocycles. The van der Waals surface area contributed by atoms with Crippen molar-refractivity contribution in [3.05, 3.63) is 69.4 Å². The molecule has 1 atom stereocenters. The number of rotatable bonds is 4. The van der Waals surface area contributed by atoms with Crippen LogP contribution in [0, 0.1) is 5.82 Å². The van der Waals surface area contributed by atoms with Gasteiger partial charge in [0.2, 0.25) is 0 Å². The summed E-state index contributed by atoms with van der Waals surface area (Å²) in [6, 6.07) is 9.70. The zero-order valence-corrected chi connectivity index (χ0v) is 11.9. The van der Waals surface area contributed by atoms with Crippen LogP contribution in [0.25, 0.3) is 0 Å². The maximum Gasteiger partial charge on any atom is 0.263 e. The Morgan fingerprint density at radius 3 is 2.20 bits per heavy atom. The van der Waals surface area contributed by atoms with Crippen molar-refractivity contribution in [1.29, 1.82) is 0 Å². The van der Waals surface area contributed by atoms with E-state index >= 15 is 0 Å². The van der Waals surface area contributed by atoms with Gasteiger partial charge in [0.1, 0.15) is 5.82 Å². The zero-order valence-electron chi connectivity index (χ0n) is 10.4. The molecule has 0 aliphatic heterocycles. The van der Waals surface area contributed by atoms with Crippen LogP contribution in [-0.4, -0.2) is 5.11 Å². The predicted molar refractivity (Wildman–Crippen MR) is 74.2 cm³/mol. The molecule has 0 saturated heterocycles. The molecule has 5 heteroatoms. The normalized spacial score (nSPS) is 12.7. The molecule has 0 amide bonds. The summed E-state index contributed by atoms with van der Waals surface area (Å²) in [7, 11) is 0. The predicted octanol–water partition coefficient (Wildman–Crippen LogP) is 4.80. The van der Waals surface area contributed by atoms with Gasteiger partial charge in [0.15, 0.2) is 0 Å². The van der Waals surface area contributed by atoms with Gasteiger partial charge in [-0.2, -0.15) is 0 Å². The standard InChI is InChI=1S/C15H12BrF3O/c16-13-6-5-12(17)7-11(13)8-14(20)9-1-3-10(4-2-9)15(18)19/h1-7,14-15,20H,8H2. The fraction of sp³-hybridized carbons (Fsp3) is 0.200. The second-order valence-corrected chi connectivity index (χ2v) is 5.28. The van der Waals surface area contributed by atoms with Gasteiger partial charge < -0.3 is 5.11 Å². The molecule has 1 N–H and O–H groups in total. The molecule has 0 saturated carbocycles. The second kappa shape index (κ2) is 6.41. The van der Waals surface area contributed by atoms with Crippen LogP contribution in [0.1, 0.15) is 29.2 Å². The first-order valence-corrected chi connectivity index (χ1v) is 6.76. The lowest BCUT2D eigenvalue weighted by Gasteiger charge is -2.13. The molecule has 2 rings (SSSR count). The molecule has 2 aromatic carbocycles. The van der Waals surface area contributed by atoms with Gasteiger partial charge in [-0.25, -0.2) is 13.2 Å². The Bertz CT molecular complexity index is 584. The molecule has 2 aromatic rings. The number of hydrogen-bond donors (Lipinski definition) is 1. The van der Waals surface area contributed by atoms with Gasteiger partial charge >= 0.3 is 0 Å². The zero-order chi connectivity index (χ0) is 14.7. The van der Waals surface area contributed by atoms with Crippen molar-refractivity contribution in [2.24, 2.45) is 0 Å². The molecular formula is C15H12BrF3O. The van der Waals surface area contributed by atoms with Gasteiger partial charge in [0.05, 0.1) is 6.10 Å².